The van der Waals surface area contributed by atoms with Gasteiger partial charge in [-0.05, 0) is 51.7 Å². The van der Waals surface area contributed by atoms with Crippen LogP contribution in [0.25, 0.3) is 0 Å². The van der Waals surface area contributed by atoms with Crippen LogP contribution in [0.5, 0.6) is 0 Å². The number of aromatic nitrogens is 1. The molecule has 1 rings (SSSR count). The molecule has 0 aliphatic rings. The van der Waals surface area contributed by atoms with Crippen LogP contribution < -0.4 is 0 Å². The molecule has 1 heterocycles. The van der Waals surface area contributed by atoms with E-state index in [0.29, 0.717) is 12.8 Å². The van der Waals surface area contributed by atoms with Gasteiger partial charge < -0.3 is 9.84 Å². The Morgan fingerprint density at radius 3 is 2.27 bits per heavy atom. The van der Waals surface area contributed by atoms with Gasteiger partial charge in [-0.1, -0.05) is 33.8 Å². The van der Waals surface area contributed by atoms with Crippen LogP contribution in [0.3, 0.4) is 0 Å². The molecule has 1 aromatic heterocycles. The minimum Gasteiger partial charge on any atom is -0.480 e. The van der Waals surface area contributed by atoms with Crippen molar-refractivity contribution in [3.8, 4) is 0 Å². The van der Waals surface area contributed by atoms with Crippen molar-refractivity contribution in [3.05, 3.63) is 30.1 Å². The molecule has 1 amide bonds. The van der Waals surface area contributed by atoms with E-state index >= 15 is 0 Å². The highest BCUT2D eigenvalue weighted by atomic mass is 32.2. The molecule has 0 aromatic carbocycles. The standard InChI is InChI=1S/C18H28N2O5S.2C2H6/c1-18(2,3)25-17(23)20(15(16(21)22)9-12-26(4)24)11-6-8-14-7-5-10-19-13-14;2*1-2/h5,7,10,13,15H,6,8-9,11-12H2,1-4H3,(H,21,22);2*1-2H3/t15-,26?;;/m0../s1. The maximum atomic E-state index is 12.5. The molecule has 7 nitrogen and oxygen atoms in total. The zero-order chi connectivity index (χ0) is 23.7. The highest BCUT2D eigenvalue weighted by molar-refractivity contribution is 7.84. The van der Waals surface area contributed by atoms with Crippen molar-refractivity contribution >= 4 is 22.9 Å². The first-order valence-electron chi connectivity index (χ1n) is 10.5. The Morgan fingerprint density at radius 2 is 1.83 bits per heavy atom. The molecule has 1 N–H and O–H groups in total. The predicted octanol–water partition coefficient (Wildman–Crippen LogP) is 4.53. The molecule has 8 heteroatoms. The van der Waals surface area contributed by atoms with Gasteiger partial charge in [0, 0.05) is 41.7 Å². The zero-order valence-corrected chi connectivity index (χ0v) is 20.6. The Hall–Kier alpha value is -1.96. The first-order chi connectivity index (χ1) is 14.1. The Balaban J connectivity index is 0. The molecule has 0 radical (unpaired) electrons. The molecule has 1 aromatic rings. The molecule has 0 spiro atoms. The number of rotatable bonds is 9. The van der Waals surface area contributed by atoms with Gasteiger partial charge in [0.25, 0.3) is 0 Å². The molecule has 1 unspecified atom stereocenters. The third kappa shape index (κ3) is 14.1. The lowest BCUT2D eigenvalue weighted by Crippen LogP contribution is -2.48. The molecule has 0 aliphatic heterocycles. The summed E-state index contributed by atoms with van der Waals surface area (Å²) in [7, 11) is -1.14. The van der Waals surface area contributed by atoms with Crippen molar-refractivity contribution in [1.82, 2.24) is 9.88 Å². The molecular weight excluding hydrogens is 404 g/mol. The topological polar surface area (TPSA) is 96.8 Å². The number of aryl methyl sites for hydroxylation is 1. The van der Waals surface area contributed by atoms with Gasteiger partial charge in [0.2, 0.25) is 0 Å². The van der Waals surface area contributed by atoms with Crippen LogP contribution >= 0.6 is 0 Å². The fourth-order valence-corrected chi connectivity index (χ4v) is 2.94. The number of hydrogen-bond acceptors (Lipinski definition) is 5. The van der Waals surface area contributed by atoms with E-state index < -0.39 is 34.5 Å². The average molecular weight is 445 g/mol. The van der Waals surface area contributed by atoms with E-state index in [1.807, 2.05) is 39.8 Å². The second kappa shape index (κ2) is 16.8. The number of carboxylic acids is 1. The second-order valence-corrected chi connectivity index (χ2v) is 8.61. The number of nitrogens with zero attached hydrogens (tertiary/aromatic N) is 2. The monoisotopic (exact) mass is 444 g/mol. The van der Waals surface area contributed by atoms with Crippen LogP contribution in [-0.4, -0.2) is 61.5 Å². The van der Waals surface area contributed by atoms with Crippen LogP contribution in [-0.2, 0) is 26.8 Å². The Bertz CT molecular complexity index is 618. The number of ether oxygens (including phenoxy) is 1. The highest BCUT2D eigenvalue weighted by Gasteiger charge is 2.32. The Kier molecular flexibility index (Phi) is 16.9. The summed E-state index contributed by atoms with van der Waals surface area (Å²) in [6, 6.07) is 2.69. The number of carbonyl (C=O) groups excluding carboxylic acids is 1. The zero-order valence-electron chi connectivity index (χ0n) is 19.8. The number of carbonyl (C=O) groups is 2. The lowest BCUT2D eigenvalue weighted by molar-refractivity contribution is -0.143. The van der Waals surface area contributed by atoms with Crippen molar-refractivity contribution in [2.45, 2.75) is 79.4 Å². The van der Waals surface area contributed by atoms with Crippen LogP contribution in [0, 0.1) is 0 Å². The predicted molar refractivity (Wildman–Crippen MR) is 123 cm³/mol. The van der Waals surface area contributed by atoms with Crippen molar-refractivity contribution in [3.63, 3.8) is 0 Å². The number of carboxylic acid groups (broad SMARTS) is 1. The van der Waals surface area contributed by atoms with Crippen molar-refractivity contribution in [2.24, 2.45) is 0 Å². The van der Waals surface area contributed by atoms with Gasteiger partial charge >= 0.3 is 12.1 Å². The summed E-state index contributed by atoms with van der Waals surface area (Å²) >= 11 is 0. The maximum absolute atomic E-state index is 12.5. The van der Waals surface area contributed by atoms with Gasteiger partial charge in [0.05, 0.1) is 0 Å². The number of aliphatic carboxylic acids is 1. The second-order valence-electron chi connectivity index (χ2n) is 7.06. The fraction of sp³-hybridized carbons (Fsp3) is 0.682. The Morgan fingerprint density at radius 1 is 1.23 bits per heavy atom. The van der Waals surface area contributed by atoms with Gasteiger partial charge in [-0.25, -0.2) is 9.59 Å². The third-order valence-corrected chi connectivity index (χ3v) is 4.37. The molecule has 0 fully saturated rings. The molecule has 2 atom stereocenters. The van der Waals surface area contributed by atoms with E-state index in [4.69, 9.17) is 4.74 Å². The average Bonchev–Trinajstić information content (AvgIpc) is 2.69. The minimum atomic E-state index is -1.14. The summed E-state index contributed by atoms with van der Waals surface area (Å²) in [5, 5.41) is 9.56. The van der Waals surface area contributed by atoms with Gasteiger partial charge in [-0.15, -0.1) is 0 Å². The molecule has 0 saturated carbocycles. The molecule has 30 heavy (non-hydrogen) atoms. The summed E-state index contributed by atoms with van der Waals surface area (Å²) in [4.78, 5) is 29.5. The molecule has 0 aliphatic carbocycles. The number of amides is 1. The quantitative estimate of drug-likeness (QED) is 0.601. The smallest absolute Gasteiger partial charge is 0.411 e. The molecule has 0 bridgehead atoms. The van der Waals surface area contributed by atoms with Crippen LogP contribution in [0.2, 0.25) is 0 Å². The lowest BCUT2D eigenvalue weighted by Gasteiger charge is -2.31. The van der Waals surface area contributed by atoms with E-state index in [1.54, 1.807) is 33.2 Å². The van der Waals surface area contributed by atoms with Crippen LogP contribution in [0.1, 0.15) is 66.9 Å². The van der Waals surface area contributed by atoms with Crippen LogP contribution in [0.4, 0.5) is 4.79 Å². The lowest BCUT2D eigenvalue weighted by atomic mass is 10.1. The fourth-order valence-electron chi connectivity index (χ4n) is 2.38. The SMILES string of the molecule is CC.CC.CS(=O)CC[C@@H](C(=O)O)N(CCCc1cccnc1)C(=O)OC(C)(C)C. The first kappa shape index (κ1) is 30.2. The van der Waals surface area contributed by atoms with Gasteiger partial charge in [0.1, 0.15) is 11.6 Å². The molecule has 0 saturated heterocycles. The van der Waals surface area contributed by atoms with E-state index in [9.17, 15) is 18.9 Å². The van der Waals surface area contributed by atoms with Gasteiger partial charge in [0.15, 0.2) is 0 Å². The largest absolute Gasteiger partial charge is 0.480 e. The van der Waals surface area contributed by atoms with Crippen LogP contribution in [0.15, 0.2) is 24.5 Å². The van der Waals surface area contributed by atoms with E-state index in [2.05, 4.69) is 4.98 Å². The number of pyridine rings is 1. The molecule has 174 valence electrons. The van der Waals surface area contributed by atoms with Crippen molar-refractivity contribution in [2.75, 3.05) is 18.6 Å². The minimum absolute atomic E-state index is 0.116. The summed E-state index contributed by atoms with van der Waals surface area (Å²) in [6.07, 6.45) is 5.62. The van der Waals surface area contributed by atoms with E-state index in [-0.39, 0.29) is 18.7 Å². The first-order valence-corrected chi connectivity index (χ1v) is 12.2. The van der Waals surface area contributed by atoms with Gasteiger partial charge in [-0.2, -0.15) is 0 Å². The third-order valence-electron chi connectivity index (χ3n) is 3.56. The van der Waals surface area contributed by atoms with E-state index in [0.717, 1.165) is 5.56 Å². The van der Waals surface area contributed by atoms with Gasteiger partial charge in [-0.3, -0.25) is 14.1 Å². The summed E-state index contributed by atoms with van der Waals surface area (Å²) in [5.41, 5.74) is 0.285. The summed E-state index contributed by atoms with van der Waals surface area (Å²) in [6.45, 7) is 13.4. The van der Waals surface area contributed by atoms with Crippen molar-refractivity contribution < 1.29 is 23.6 Å². The highest BCUT2D eigenvalue weighted by Crippen LogP contribution is 2.16. The maximum Gasteiger partial charge on any atom is 0.411 e. The van der Waals surface area contributed by atoms with Crippen molar-refractivity contribution in [1.29, 1.82) is 0 Å². The summed E-state index contributed by atoms with van der Waals surface area (Å²) < 4.78 is 16.7. The van der Waals surface area contributed by atoms with E-state index in [1.165, 1.54) is 11.2 Å². The summed E-state index contributed by atoms with van der Waals surface area (Å²) in [5.74, 6) is -0.915. The normalized spacial score (nSPS) is 12.3. The Labute approximate surface area is 184 Å². The molecular formula is C22H40N2O5S. The number of hydrogen-bond donors (Lipinski definition) is 1.